The van der Waals surface area contributed by atoms with Gasteiger partial charge in [0.25, 0.3) is 0 Å². The lowest BCUT2D eigenvalue weighted by Gasteiger charge is -2.32. The van der Waals surface area contributed by atoms with Gasteiger partial charge in [-0.25, -0.2) is 13.4 Å². The molecule has 4 aromatic rings. The highest BCUT2D eigenvalue weighted by molar-refractivity contribution is 7.89. The molecule has 7 nitrogen and oxygen atoms in total. The molecule has 0 spiro atoms. The Labute approximate surface area is 219 Å². The number of nitrogens with zero attached hydrogens (tertiary/aromatic N) is 3. The van der Waals surface area contributed by atoms with E-state index in [4.69, 9.17) is 21.0 Å². The molecule has 10 heteroatoms. The number of anilines is 1. The largest absolute Gasteiger partial charge is 0.467 e. The second kappa shape index (κ2) is 9.97. The third kappa shape index (κ3) is 4.80. The molecule has 0 radical (unpaired) electrons. The maximum absolute atomic E-state index is 13.8. The van der Waals surface area contributed by atoms with Crippen LogP contribution in [-0.2, 0) is 21.4 Å². The summed E-state index contributed by atoms with van der Waals surface area (Å²) in [6, 6.07) is 14.2. The topological polar surface area (TPSA) is 83.7 Å². The van der Waals surface area contributed by atoms with Crippen molar-refractivity contribution in [2.75, 3.05) is 18.0 Å². The quantitative estimate of drug-likeness (QED) is 0.307. The van der Waals surface area contributed by atoms with Gasteiger partial charge in [-0.2, -0.15) is 4.31 Å². The van der Waals surface area contributed by atoms with Crippen molar-refractivity contribution in [2.24, 2.45) is 5.92 Å². The smallest absolute Gasteiger partial charge is 0.243 e. The Bertz CT molecular complexity index is 1450. The van der Waals surface area contributed by atoms with Gasteiger partial charge in [-0.05, 0) is 62.6 Å². The molecule has 5 rings (SSSR count). The highest BCUT2D eigenvalue weighted by Gasteiger charge is 2.35. The van der Waals surface area contributed by atoms with E-state index in [-0.39, 0.29) is 36.4 Å². The van der Waals surface area contributed by atoms with E-state index >= 15 is 0 Å². The number of aryl methyl sites for hydroxylation is 2. The first-order valence-electron chi connectivity index (χ1n) is 11.7. The highest BCUT2D eigenvalue weighted by atomic mass is 35.5. The van der Waals surface area contributed by atoms with E-state index < -0.39 is 10.0 Å². The molecule has 1 saturated heterocycles. The maximum atomic E-state index is 13.8. The molecule has 188 valence electrons. The van der Waals surface area contributed by atoms with Gasteiger partial charge in [-0.15, -0.1) is 0 Å². The Hall–Kier alpha value is -2.72. The van der Waals surface area contributed by atoms with E-state index in [9.17, 15) is 13.2 Å². The summed E-state index contributed by atoms with van der Waals surface area (Å²) in [5.41, 5.74) is 2.76. The standard InChI is InChI=1S/C26H26ClN3O4S2/c1-17-5-8-21(9-6-17)36(32,33)29-13-11-19(12-14-29)25(31)30(16-20-4-3-15-34-20)26-28-23-18(2)7-10-22(27)24(23)35-26/h3-10,15,19H,11-14,16H2,1-2H3. The molecule has 0 atom stereocenters. The van der Waals surface area contributed by atoms with E-state index in [1.807, 2.05) is 32.0 Å². The van der Waals surface area contributed by atoms with Crippen molar-refractivity contribution in [3.63, 3.8) is 0 Å². The Morgan fingerprint density at radius 2 is 1.86 bits per heavy atom. The number of benzene rings is 2. The summed E-state index contributed by atoms with van der Waals surface area (Å²) in [4.78, 5) is 20.5. The monoisotopic (exact) mass is 543 g/mol. The predicted molar refractivity (Wildman–Crippen MR) is 142 cm³/mol. The molecule has 2 aromatic carbocycles. The van der Waals surface area contributed by atoms with E-state index in [0.29, 0.717) is 28.8 Å². The van der Waals surface area contributed by atoms with Crippen molar-refractivity contribution >= 4 is 54.2 Å². The fourth-order valence-corrected chi connectivity index (χ4v) is 7.22. The number of amides is 1. The lowest BCUT2D eigenvalue weighted by atomic mass is 9.96. The Morgan fingerprint density at radius 3 is 2.50 bits per heavy atom. The van der Waals surface area contributed by atoms with Crippen molar-refractivity contribution < 1.29 is 17.6 Å². The van der Waals surface area contributed by atoms with Crippen LogP contribution in [0.1, 0.15) is 29.7 Å². The van der Waals surface area contributed by atoms with Crippen molar-refractivity contribution in [3.05, 3.63) is 76.7 Å². The zero-order valence-corrected chi connectivity index (χ0v) is 22.4. The lowest BCUT2D eigenvalue weighted by Crippen LogP contribution is -2.44. The number of rotatable bonds is 6. The van der Waals surface area contributed by atoms with E-state index in [1.165, 1.54) is 15.6 Å². The van der Waals surface area contributed by atoms with Crippen LogP contribution in [0.2, 0.25) is 5.02 Å². The highest BCUT2D eigenvalue weighted by Crippen LogP contribution is 2.37. The van der Waals surface area contributed by atoms with Gasteiger partial charge in [-0.1, -0.05) is 46.7 Å². The number of hydrogen-bond donors (Lipinski definition) is 0. The molecule has 0 N–H and O–H groups in total. The van der Waals surface area contributed by atoms with Gasteiger partial charge in [0.15, 0.2) is 5.13 Å². The molecule has 1 aliphatic heterocycles. The number of aromatic nitrogens is 1. The molecule has 1 amide bonds. The zero-order valence-electron chi connectivity index (χ0n) is 20.0. The number of sulfonamides is 1. The number of thiazole rings is 1. The number of halogens is 1. The number of hydrogen-bond acceptors (Lipinski definition) is 6. The SMILES string of the molecule is Cc1ccc(S(=O)(=O)N2CCC(C(=O)N(Cc3ccco3)c3nc4c(C)ccc(Cl)c4s3)CC2)cc1. The Kier molecular flexibility index (Phi) is 6.91. The van der Waals surface area contributed by atoms with Crippen LogP contribution in [0.3, 0.4) is 0 Å². The average molecular weight is 544 g/mol. The first-order valence-corrected chi connectivity index (χ1v) is 14.3. The van der Waals surface area contributed by atoms with Crippen LogP contribution in [0.4, 0.5) is 5.13 Å². The van der Waals surface area contributed by atoms with E-state index in [1.54, 1.807) is 41.5 Å². The molecule has 0 unspecified atom stereocenters. The molecule has 0 saturated carbocycles. The molecular formula is C26H26ClN3O4S2. The summed E-state index contributed by atoms with van der Waals surface area (Å²) in [5, 5.41) is 1.15. The lowest BCUT2D eigenvalue weighted by molar-refractivity contribution is -0.123. The molecular weight excluding hydrogens is 518 g/mol. The van der Waals surface area contributed by atoms with Crippen LogP contribution in [0.15, 0.2) is 64.1 Å². The number of piperidine rings is 1. The van der Waals surface area contributed by atoms with Crippen molar-refractivity contribution in [3.8, 4) is 0 Å². The van der Waals surface area contributed by atoms with Crippen LogP contribution in [-0.4, -0.2) is 36.7 Å². The third-order valence-electron chi connectivity index (χ3n) is 6.54. The van der Waals surface area contributed by atoms with Crippen LogP contribution >= 0.6 is 22.9 Å². The second-order valence-corrected chi connectivity index (χ2v) is 12.4. The van der Waals surface area contributed by atoms with Gasteiger partial charge in [0.2, 0.25) is 15.9 Å². The number of fused-ring (bicyclic) bond motifs is 1. The first kappa shape index (κ1) is 25.0. The van der Waals surface area contributed by atoms with Crippen LogP contribution < -0.4 is 4.90 Å². The summed E-state index contributed by atoms with van der Waals surface area (Å²) in [7, 11) is -3.60. The molecule has 1 aliphatic rings. The fourth-order valence-electron chi connectivity index (χ4n) is 4.43. The number of carbonyl (C=O) groups excluding carboxylic acids is 1. The summed E-state index contributed by atoms with van der Waals surface area (Å²) in [5.74, 6) is 0.226. The minimum atomic E-state index is -3.60. The van der Waals surface area contributed by atoms with Gasteiger partial charge in [0.1, 0.15) is 5.76 Å². The average Bonchev–Trinajstić information content (AvgIpc) is 3.56. The Balaban J connectivity index is 1.38. The third-order valence-corrected chi connectivity index (χ3v) is 9.99. The van der Waals surface area contributed by atoms with Gasteiger partial charge >= 0.3 is 0 Å². The molecule has 1 fully saturated rings. The normalized spacial score (nSPS) is 15.4. The number of furan rings is 1. The van der Waals surface area contributed by atoms with Crippen molar-refractivity contribution in [1.82, 2.24) is 9.29 Å². The van der Waals surface area contributed by atoms with Gasteiger partial charge < -0.3 is 4.42 Å². The maximum Gasteiger partial charge on any atom is 0.243 e. The summed E-state index contributed by atoms with van der Waals surface area (Å²) in [6.45, 7) is 4.69. The summed E-state index contributed by atoms with van der Waals surface area (Å²) < 4.78 is 34.0. The Morgan fingerprint density at radius 1 is 1.14 bits per heavy atom. The van der Waals surface area contributed by atoms with Crippen molar-refractivity contribution in [1.29, 1.82) is 0 Å². The second-order valence-electron chi connectivity index (χ2n) is 9.03. The van der Waals surface area contributed by atoms with Crippen LogP contribution in [0.5, 0.6) is 0 Å². The zero-order chi connectivity index (χ0) is 25.4. The van der Waals surface area contributed by atoms with Gasteiger partial charge in [0, 0.05) is 19.0 Å². The summed E-state index contributed by atoms with van der Waals surface area (Å²) in [6.07, 6.45) is 2.44. The fraction of sp³-hybridized carbons (Fsp3) is 0.308. The molecule has 36 heavy (non-hydrogen) atoms. The van der Waals surface area contributed by atoms with Crippen LogP contribution in [0.25, 0.3) is 10.2 Å². The van der Waals surface area contributed by atoms with Crippen LogP contribution in [0, 0.1) is 19.8 Å². The molecule has 0 aliphatic carbocycles. The molecule has 3 heterocycles. The first-order chi connectivity index (χ1) is 17.2. The van der Waals surface area contributed by atoms with E-state index in [0.717, 1.165) is 21.3 Å². The summed E-state index contributed by atoms with van der Waals surface area (Å²) >= 11 is 7.80. The number of carbonyl (C=O) groups is 1. The predicted octanol–water partition coefficient (Wildman–Crippen LogP) is 5.79. The van der Waals surface area contributed by atoms with Crippen molar-refractivity contribution in [2.45, 2.75) is 38.1 Å². The van der Waals surface area contributed by atoms with Gasteiger partial charge in [0.05, 0.1) is 32.9 Å². The molecule has 0 bridgehead atoms. The minimum Gasteiger partial charge on any atom is -0.467 e. The minimum absolute atomic E-state index is 0.0911. The van der Waals surface area contributed by atoms with E-state index in [2.05, 4.69) is 0 Å². The molecule has 2 aromatic heterocycles. The van der Waals surface area contributed by atoms with Gasteiger partial charge in [-0.3, -0.25) is 9.69 Å².